The Morgan fingerprint density at radius 3 is 3.17 bits per heavy atom. The van der Waals surface area contributed by atoms with Crippen molar-refractivity contribution in [3.63, 3.8) is 0 Å². The van der Waals surface area contributed by atoms with Gasteiger partial charge in [0, 0.05) is 5.88 Å². The summed E-state index contributed by atoms with van der Waals surface area (Å²) in [5.74, 6) is 1.75. The topological polar surface area (TPSA) is 57.8 Å². The highest BCUT2D eigenvalue weighted by Gasteiger charge is 2.35. The molecule has 100 valence electrons. The van der Waals surface area contributed by atoms with Crippen molar-refractivity contribution in [1.82, 2.24) is 9.97 Å². The Labute approximate surface area is 120 Å². The molecule has 2 unspecified atom stereocenters. The lowest BCUT2D eigenvalue weighted by molar-refractivity contribution is 0.279. The Morgan fingerprint density at radius 2 is 2.50 bits per heavy atom. The van der Waals surface area contributed by atoms with Crippen LogP contribution in [0.25, 0.3) is 0 Å². The fourth-order valence-corrected chi connectivity index (χ4v) is 3.28. The van der Waals surface area contributed by atoms with Gasteiger partial charge in [-0.1, -0.05) is 19.8 Å². The van der Waals surface area contributed by atoms with Gasteiger partial charge in [0.15, 0.2) is 0 Å². The normalized spacial score (nSPS) is 28.1. The van der Waals surface area contributed by atoms with E-state index in [4.69, 9.17) is 11.6 Å². The third-order valence-electron chi connectivity index (χ3n) is 3.53. The number of aromatic nitrogens is 2. The van der Waals surface area contributed by atoms with E-state index in [1.165, 1.54) is 12.7 Å². The standard InChI is InChI=1S/C12H17BrClN3O/c1-8-3-2-4-12(5-8,6-14)17-10-9(13)11(18)16-7-15-10/h7-8H,2-6H2,1H3,(H2,15,16,17,18). The first-order chi connectivity index (χ1) is 8.56. The van der Waals surface area contributed by atoms with E-state index < -0.39 is 0 Å². The first-order valence-electron chi connectivity index (χ1n) is 6.14. The molecular formula is C12H17BrClN3O. The van der Waals surface area contributed by atoms with Crippen molar-refractivity contribution in [1.29, 1.82) is 0 Å². The lowest BCUT2D eigenvalue weighted by atomic mass is 9.77. The lowest BCUT2D eigenvalue weighted by Gasteiger charge is -2.39. The Bertz CT molecular complexity index is 479. The monoisotopic (exact) mass is 333 g/mol. The van der Waals surface area contributed by atoms with E-state index in [2.05, 4.69) is 38.1 Å². The van der Waals surface area contributed by atoms with Gasteiger partial charge in [-0.25, -0.2) is 4.98 Å². The molecule has 0 bridgehead atoms. The van der Waals surface area contributed by atoms with Crippen LogP contribution in [0.4, 0.5) is 5.82 Å². The fraction of sp³-hybridized carbons (Fsp3) is 0.667. The highest BCUT2D eigenvalue weighted by atomic mass is 79.9. The summed E-state index contributed by atoms with van der Waals surface area (Å²) in [7, 11) is 0. The molecule has 2 rings (SSSR count). The van der Waals surface area contributed by atoms with Gasteiger partial charge < -0.3 is 10.3 Å². The molecule has 1 fully saturated rings. The number of nitrogens with one attached hydrogen (secondary N) is 2. The van der Waals surface area contributed by atoms with Crippen molar-refractivity contribution in [3.8, 4) is 0 Å². The van der Waals surface area contributed by atoms with Gasteiger partial charge in [0.05, 0.1) is 11.9 Å². The molecule has 2 atom stereocenters. The van der Waals surface area contributed by atoms with Crippen LogP contribution < -0.4 is 10.9 Å². The number of rotatable bonds is 3. The molecule has 0 aliphatic heterocycles. The third-order valence-corrected chi connectivity index (χ3v) is 4.77. The van der Waals surface area contributed by atoms with Crippen LogP contribution in [0.5, 0.6) is 0 Å². The molecule has 18 heavy (non-hydrogen) atoms. The Hall–Kier alpha value is -0.550. The molecule has 6 heteroatoms. The van der Waals surface area contributed by atoms with Crippen LogP contribution in [0.2, 0.25) is 0 Å². The summed E-state index contributed by atoms with van der Waals surface area (Å²) >= 11 is 9.42. The lowest BCUT2D eigenvalue weighted by Crippen LogP contribution is -2.45. The number of alkyl halides is 1. The number of H-pyrrole nitrogens is 1. The summed E-state index contributed by atoms with van der Waals surface area (Å²) in [6.45, 7) is 2.24. The van der Waals surface area contributed by atoms with Crippen LogP contribution >= 0.6 is 27.5 Å². The van der Waals surface area contributed by atoms with E-state index in [1.807, 2.05) is 0 Å². The van der Waals surface area contributed by atoms with Gasteiger partial charge in [-0.15, -0.1) is 11.6 Å². The van der Waals surface area contributed by atoms with E-state index in [9.17, 15) is 4.79 Å². The van der Waals surface area contributed by atoms with Crippen molar-refractivity contribution in [2.24, 2.45) is 5.92 Å². The zero-order valence-electron chi connectivity index (χ0n) is 10.3. The number of halogens is 2. The molecule has 0 spiro atoms. The number of anilines is 1. The number of aromatic amines is 1. The molecule has 1 aromatic heterocycles. The highest BCUT2D eigenvalue weighted by Crippen LogP contribution is 2.36. The second kappa shape index (κ2) is 5.61. The summed E-state index contributed by atoms with van der Waals surface area (Å²) in [6, 6.07) is 0. The summed E-state index contributed by atoms with van der Waals surface area (Å²) in [5, 5.41) is 3.37. The van der Waals surface area contributed by atoms with Crippen LogP contribution in [0.3, 0.4) is 0 Å². The Kier molecular flexibility index (Phi) is 4.33. The van der Waals surface area contributed by atoms with Crippen LogP contribution in [-0.4, -0.2) is 21.4 Å². The number of nitrogens with zero attached hydrogens (tertiary/aromatic N) is 1. The highest BCUT2D eigenvalue weighted by molar-refractivity contribution is 9.10. The average Bonchev–Trinajstić information content (AvgIpc) is 2.35. The predicted molar refractivity (Wildman–Crippen MR) is 77.3 cm³/mol. The van der Waals surface area contributed by atoms with Crippen LogP contribution in [-0.2, 0) is 0 Å². The molecule has 1 aliphatic rings. The van der Waals surface area contributed by atoms with Gasteiger partial charge >= 0.3 is 0 Å². The van der Waals surface area contributed by atoms with Crippen molar-refractivity contribution in [2.45, 2.75) is 38.1 Å². The largest absolute Gasteiger partial charge is 0.362 e. The minimum Gasteiger partial charge on any atom is -0.362 e. The van der Waals surface area contributed by atoms with Gasteiger partial charge in [0.2, 0.25) is 0 Å². The number of hydrogen-bond donors (Lipinski definition) is 2. The molecule has 0 amide bonds. The van der Waals surface area contributed by atoms with Gasteiger partial charge in [-0.05, 0) is 34.7 Å². The maximum Gasteiger partial charge on any atom is 0.267 e. The average molecular weight is 335 g/mol. The van der Waals surface area contributed by atoms with Crippen LogP contribution in [0.1, 0.15) is 32.6 Å². The Morgan fingerprint density at radius 1 is 1.72 bits per heavy atom. The van der Waals surface area contributed by atoms with Gasteiger partial charge in [0.25, 0.3) is 5.56 Å². The van der Waals surface area contributed by atoms with Crippen molar-refractivity contribution in [3.05, 3.63) is 21.2 Å². The van der Waals surface area contributed by atoms with Crippen molar-refractivity contribution >= 4 is 33.3 Å². The van der Waals surface area contributed by atoms with E-state index >= 15 is 0 Å². The molecule has 0 aromatic carbocycles. The maximum absolute atomic E-state index is 11.5. The summed E-state index contributed by atoms with van der Waals surface area (Å²) < 4.78 is 0.438. The second-order valence-electron chi connectivity index (χ2n) is 5.13. The second-order valence-corrected chi connectivity index (χ2v) is 6.19. The fourth-order valence-electron chi connectivity index (χ4n) is 2.65. The molecule has 0 radical (unpaired) electrons. The molecule has 1 aromatic rings. The van der Waals surface area contributed by atoms with Crippen molar-refractivity contribution in [2.75, 3.05) is 11.2 Å². The van der Waals surface area contributed by atoms with Crippen LogP contribution in [0, 0.1) is 5.92 Å². The number of hydrogen-bond acceptors (Lipinski definition) is 3. The van der Waals surface area contributed by atoms with E-state index in [1.54, 1.807) is 0 Å². The molecule has 4 nitrogen and oxygen atoms in total. The minimum atomic E-state index is -0.180. The summed E-state index contributed by atoms with van der Waals surface area (Å²) in [6.07, 6.45) is 5.83. The first-order valence-corrected chi connectivity index (χ1v) is 7.46. The molecule has 2 N–H and O–H groups in total. The molecule has 1 heterocycles. The maximum atomic E-state index is 11.5. The molecular weight excluding hydrogens is 318 g/mol. The zero-order chi connectivity index (χ0) is 13.2. The van der Waals surface area contributed by atoms with Crippen LogP contribution in [0.15, 0.2) is 15.6 Å². The van der Waals surface area contributed by atoms with E-state index in [-0.39, 0.29) is 11.1 Å². The Balaban J connectivity index is 2.24. The third kappa shape index (κ3) is 2.88. The molecule has 1 aliphatic carbocycles. The predicted octanol–water partition coefficient (Wildman–Crippen LogP) is 3.13. The quantitative estimate of drug-likeness (QED) is 0.835. The minimum absolute atomic E-state index is 0.150. The zero-order valence-corrected chi connectivity index (χ0v) is 12.6. The van der Waals surface area contributed by atoms with Gasteiger partial charge in [-0.2, -0.15) is 0 Å². The smallest absolute Gasteiger partial charge is 0.267 e. The van der Waals surface area contributed by atoms with Crippen molar-refractivity contribution < 1.29 is 0 Å². The SMILES string of the molecule is CC1CCCC(CCl)(Nc2nc[nH]c(=O)c2Br)C1. The molecule has 0 saturated heterocycles. The van der Waals surface area contributed by atoms with Gasteiger partial charge in [0.1, 0.15) is 10.3 Å². The van der Waals surface area contributed by atoms with E-state index in [0.717, 1.165) is 19.3 Å². The summed E-state index contributed by atoms with van der Waals surface area (Å²) in [5.41, 5.74) is -0.330. The van der Waals surface area contributed by atoms with Gasteiger partial charge in [-0.3, -0.25) is 4.79 Å². The van der Waals surface area contributed by atoms with E-state index in [0.29, 0.717) is 22.1 Å². The first kappa shape index (κ1) is 13.9. The molecule has 1 saturated carbocycles. The summed E-state index contributed by atoms with van der Waals surface area (Å²) in [4.78, 5) is 18.2.